The second kappa shape index (κ2) is 11.1. The molecule has 3 aromatic rings. The van der Waals surface area contributed by atoms with E-state index in [1.807, 2.05) is 84.9 Å². The third-order valence-electron chi connectivity index (χ3n) is 5.25. The van der Waals surface area contributed by atoms with Crippen LogP contribution in [-0.4, -0.2) is 47.6 Å². The number of nitrogens with zero attached hydrogens (tertiary/aromatic N) is 2. The van der Waals surface area contributed by atoms with E-state index < -0.39 is 6.10 Å². The second-order valence-corrected chi connectivity index (χ2v) is 8.37. The average Bonchev–Trinajstić information content (AvgIpc) is 3.27. The van der Waals surface area contributed by atoms with Crippen LogP contribution in [0.2, 0.25) is 5.02 Å². The first kappa shape index (κ1) is 22.3. The Kier molecular flexibility index (Phi) is 7.77. The number of oxime groups is 1. The first-order chi connectivity index (χ1) is 15.7. The normalized spacial score (nSPS) is 16.5. The van der Waals surface area contributed by atoms with Crippen LogP contribution in [0, 0.1) is 0 Å². The number of benzene rings is 3. The van der Waals surface area contributed by atoms with Gasteiger partial charge in [-0.15, -0.1) is 0 Å². The lowest BCUT2D eigenvalue weighted by Gasteiger charge is -2.27. The van der Waals surface area contributed by atoms with E-state index in [0.29, 0.717) is 24.7 Å². The first-order valence-electron chi connectivity index (χ1n) is 10.8. The Bertz CT molecular complexity index is 1010. The third kappa shape index (κ3) is 6.57. The largest absolute Gasteiger partial charge is 0.491 e. The molecule has 1 N–H and O–H groups in total. The smallest absolute Gasteiger partial charge is 0.145 e. The zero-order valence-electron chi connectivity index (χ0n) is 17.8. The molecule has 0 saturated carbocycles. The monoisotopic (exact) mass is 450 g/mol. The van der Waals surface area contributed by atoms with Crippen LogP contribution < -0.4 is 4.74 Å². The van der Waals surface area contributed by atoms with Gasteiger partial charge in [-0.1, -0.05) is 77.4 Å². The van der Waals surface area contributed by atoms with Gasteiger partial charge < -0.3 is 14.7 Å². The van der Waals surface area contributed by atoms with Crippen molar-refractivity contribution in [1.29, 1.82) is 0 Å². The zero-order chi connectivity index (χ0) is 22.2. The molecule has 1 aliphatic rings. The molecule has 0 unspecified atom stereocenters. The van der Waals surface area contributed by atoms with Crippen molar-refractivity contribution in [2.75, 3.05) is 19.7 Å². The average molecular weight is 451 g/mol. The van der Waals surface area contributed by atoms with Crippen molar-refractivity contribution in [3.63, 3.8) is 0 Å². The molecule has 0 spiro atoms. The van der Waals surface area contributed by atoms with Gasteiger partial charge in [0, 0.05) is 31.1 Å². The van der Waals surface area contributed by atoms with Gasteiger partial charge >= 0.3 is 0 Å². The molecule has 5 nitrogen and oxygen atoms in total. The van der Waals surface area contributed by atoms with Crippen molar-refractivity contribution < 1.29 is 14.7 Å². The highest BCUT2D eigenvalue weighted by atomic mass is 35.5. The Morgan fingerprint density at radius 1 is 1.03 bits per heavy atom. The summed E-state index contributed by atoms with van der Waals surface area (Å²) in [5, 5.41) is 15.7. The fourth-order valence-corrected chi connectivity index (χ4v) is 3.99. The summed E-state index contributed by atoms with van der Waals surface area (Å²) in [6.07, 6.45) is 0.00378. The second-order valence-electron chi connectivity index (χ2n) is 7.94. The van der Waals surface area contributed by atoms with Crippen molar-refractivity contribution in [2.45, 2.75) is 25.2 Å². The summed E-state index contributed by atoms with van der Waals surface area (Å²) >= 11 is 6.18. The molecule has 0 amide bonds. The predicted molar refractivity (Wildman–Crippen MR) is 127 cm³/mol. The van der Waals surface area contributed by atoms with Gasteiger partial charge in [-0.2, -0.15) is 0 Å². The minimum atomic E-state index is -0.648. The van der Waals surface area contributed by atoms with Crippen LogP contribution in [0.4, 0.5) is 0 Å². The number of rotatable bonds is 10. The molecule has 0 aromatic heterocycles. The molecule has 0 fully saturated rings. The maximum absolute atomic E-state index is 10.7. The Balaban J connectivity index is 1.37. The molecule has 1 heterocycles. The third-order valence-corrected chi connectivity index (χ3v) is 5.49. The summed E-state index contributed by atoms with van der Waals surface area (Å²) in [6.45, 7) is 1.94. The van der Waals surface area contributed by atoms with E-state index in [9.17, 15) is 5.11 Å². The Hall–Kier alpha value is -2.86. The minimum Gasteiger partial charge on any atom is -0.491 e. The molecule has 32 heavy (non-hydrogen) atoms. The molecular weight excluding hydrogens is 424 g/mol. The van der Waals surface area contributed by atoms with Gasteiger partial charge in [-0.25, -0.2) is 0 Å². The number of ether oxygens (including phenoxy) is 1. The van der Waals surface area contributed by atoms with E-state index in [0.717, 1.165) is 29.0 Å². The van der Waals surface area contributed by atoms with Crippen molar-refractivity contribution in [2.24, 2.45) is 5.16 Å². The van der Waals surface area contributed by atoms with Crippen LogP contribution in [0.1, 0.15) is 17.5 Å². The van der Waals surface area contributed by atoms with Crippen molar-refractivity contribution in [3.8, 4) is 5.75 Å². The number of hydrogen-bond donors (Lipinski definition) is 1. The maximum atomic E-state index is 10.7. The lowest BCUT2D eigenvalue weighted by Crippen LogP contribution is -2.39. The summed E-state index contributed by atoms with van der Waals surface area (Å²) in [4.78, 5) is 7.90. The lowest BCUT2D eigenvalue weighted by atomic mass is 10.0. The number of halogens is 1. The molecule has 0 radical (unpaired) electrons. The lowest BCUT2D eigenvalue weighted by molar-refractivity contribution is 0.0213. The van der Waals surface area contributed by atoms with Crippen molar-refractivity contribution >= 4 is 17.3 Å². The standard InChI is InChI=1S/C26H27ClN2O3/c27-22-11-7-8-20(14-22)16-29(17-23(30)19-31-24-12-5-2-6-13-24)18-25-15-26(28-32-25)21-9-3-1-4-10-21/h1-14,23,25,30H,15-19H2/t23-,25+/m0/s1. The van der Waals surface area contributed by atoms with E-state index in [1.54, 1.807) is 0 Å². The fourth-order valence-electron chi connectivity index (χ4n) is 3.77. The molecule has 0 bridgehead atoms. The fraction of sp³-hybridized carbons (Fsp3) is 0.269. The SMILES string of the molecule is O[C@H](COc1ccccc1)CN(Cc1cccc(Cl)c1)C[C@H]1CC(c2ccccc2)=NO1. The summed E-state index contributed by atoms with van der Waals surface area (Å²) in [6, 6.07) is 27.4. The van der Waals surface area contributed by atoms with Gasteiger partial charge in [0.1, 0.15) is 24.6 Å². The van der Waals surface area contributed by atoms with E-state index in [-0.39, 0.29) is 12.7 Å². The Morgan fingerprint density at radius 2 is 1.78 bits per heavy atom. The topological polar surface area (TPSA) is 54.3 Å². The van der Waals surface area contributed by atoms with Gasteiger partial charge in [0.15, 0.2) is 0 Å². The van der Waals surface area contributed by atoms with Crippen LogP contribution in [0.15, 0.2) is 90.1 Å². The molecule has 0 aliphatic carbocycles. The van der Waals surface area contributed by atoms with Crippen molar-refractivity contribution in [1.82, 2.24) is 4.90 Å². The molecule has 166 valence electrons. The number of aliphatic hydroxyl groups is 1. The van der Waals surface area contributed by atoms with E-state index in [4.69, 9.17) is 21.2 Å². The number of para-hydroxylation sites is 1. The van der Waals surface area contributed by atoms with Crippen LogP contribution in [0.5, 0.6) is 5.75 Å². The summed E-state index contributed by atoms with van der Waals surface area (Å²) < 4.78 is 5.73. The maximum Gasteiger partial charge on any atom is 0.145 e. The molecule has 1 aliphatic heterocycles. The van der Waals surface area contributed by atoms with E-state index >= 15 is 0 Å². The molecule has 3 aromatic carbocycles. The van der Waals surface area contributed by atoms with Crippen LogP contribution >= 0.6 is 11.6 Å². The molecule has 0 saturated heterocycles. The van der Waals surface area contributed by atoms with Crippen molar-refractivity contribution in [3.05, 3.63) is 101 Å². The Morgan fingerprint density at radius 3 is 2.53 bits per heavy atom. The van der Waals surface area contributed by atoms with E-state index in [1.165, 1.54) is 0 Å². The van der Waals surface area contributed by atoms with E-state index in [2.05, 4.69) is 10.1 Å². The highest BCUT2D eigenvalue weighted by Crippen LogP contribution is 2.20. The minimum absolute atomic E-state index is 0.0772. The highest BCUT2D eigenvalue weighted by molar-refractivity contribution is 6.30. The summed E-state index contributed by atoms with van der Waals surface area (Å²) in [5.74, 6) is 0.743. The molecule has 2 atom stereocenters. The van der Waals surface area contributed by atoms with Gasteiger partial charge in [0.05, 0.1) is 5.71 Å². The summed E-state index contributed by atoms with van der Waals surface area (Å²) in [7, 11) is 0. The van der Waals surface area contributed by atoms with Gasteiger partial charge in [0.2, 0.25) is 0 Å². The molecular formula is C26H27ClN2O3. The van der Waals surface area contributed by atoms with Crippen LogP contribution in [-0.2, 0) is 11.4 Å². The summed E-state index contributed by atoms with van der Waals surface area (Å²) in [5.41, 5.74) is 3.11. The number of aliphatic hydroxyl groups excluding tert-OH is 1. The highest BCUT2D eigenvalue weighted by Gasteiger charge is 2.26. The van der Waals surface area contributed by atoms with Gasteiger partial charge in [-0.05, 0) is 35.4 Å². The Labute approximate surface area is 193 Å². The zero-order valence-corrected chi connectivity index (χ0v) is 18.6. The van der Waals surface area contributed by atoms with Gasteiger partial charge in [0.25, 0.3) is 0 Å². The van der Waals surface area contributed by atoms with Gasteiger partial charge in [-0.3, -0.25) is 4.90 Å². The predicted octanol–water partition coefficient (Wildman–Crippen LogP) is 4.78. The quantitative estimate of drug-likeness (QED) is 0.483. The number of hydrogen-bond acceptors (Lipinski definition) is 5. The first-order valence-corrected chi connectivity index (χ1v) is 11.1. The van der Waals surface area contributed by atoms with Crippen LogP contribution in [0.3, 0.4) is 0 Å². The molecule has 6 heteroatoms. The molecule has 4 rings (SSSR count). The van der Waals surface area contributed by atoms with Crippen LogP contribution in [0.25, 0.3) is 0 Å².